The summed E-state index contributed by atoms with van der Waals surface area (Å²) in [6.45, 7) is 1.63. The van der Waals surface area contributed by atoms with E-state index in [1.165, 1.54) is 0 Å². The molecule has 0 aromatic heterocycles. The van der Waals surface area contributed by atoms with E-state index in [9.17, 15) is 13.0 Å². The third kappa shape index (κ3) is 6.92. The van der Waals surface area contributed by atoms with Crippen LogP contribution in [-0.4, -0.2) is 19.1 Å². The minimum atomic E-state index is -4.70. The minimum absolute atomic E-state index is 0. The van der Waals surface area contributed by atoms with Gasteiger partial charge in [0.2, 0.25) is 10.4 Å². The Morgan fingerprint density at radius 3 is 1.65 bits per heavy atom. The van der Waals surface area contributed by atoms with Gasteiger partial charge in [-0.3, -0.25) is 4.18 Å². The van der Waals surface area contributed by atoms with Crippen LogP contribution in [0.4, 0.5) is 0 Å². The van der Waals surface area contributed by atoms with E-state index < -0.39 is 16.5 Å². The summed E-state index contributed by atoms with van der Waals surface area (Å²) in [6.07, 6.45) is 0.613. The Hall–Kier alpha value is -1.73. The quantitative estimate of drug-likeness (QED) is 0.618. The Balaban J connectivity index is 0.00000264. The Morgan fingerprint density at radius 1 is 0.913 bits per heavy atom. The van der Waals surface area contributed by atoms with E-state index >= 15 is 0 Å². The molecule has 0 bridgehead atoms. The average molecular weight is 337 g/mol. The van der Waals surface area contributed by atoms with Crippen molar-refractivity contribution in [2.75, 3.05) is 0 Å². The third-order valence-electron chi connectivity index (χ3n) is 3.61. The summed E-state index contributed by atoms with van der Waals surface area (Å²) in [4.78, 5) is 0. The summed E-state index contributed by atoms with van der Waals surface area (Å²) in [5.74, 6) is -0.103. The van der Waals surface area contributed by atoms with Gasteiger partial charge in [-0.1, -0.05) is 60.7 Å². The van der Waals surface area contributed by atoms with Crippen LogP contribution in [0, 0.1) is 5.92 Å². The second-order valence-electron chi connectivity index (χ2n) is 5.35. The molecule has 0 amide bonds. The summed E-state index contributed by atoms with van der Waals surface area (Å²) >= 11 is 0. The fourth-order valence-corrected chi connectivity index (χ4v) is 3.03. The zero-order valence-corrected chi connectivity index (χ0v) is 14.2. The van der Waals surface area contributed by atoms with Crippen LogP contribution in [0.3, 0.4) is 0 Å². The molecule has 0 heterocycles. The van der Waals surface area contributed by atoms with Gasteiger partial charge in [0.1, 0.15) is 0 Å². The number of hydrogen-bond acceptors (Lipinski definition) is 4. The molecule has 4 N–H and O–H groups in total. The van der Waals surface area contributed by atoms with Crippen molar-refractivity contribution >= 4 is 10.4 Å². The average Bonchev–Trinajstić information content (AvgIpc) is 2.47. The number of benzene rings is 2. The maximum Gasteiger partial charge on any atom is 0.217 e. The highest BCUT2D eigenvalue weighted by atomic mass is 32.3. The fourth-order valence-electron chi connectivity index (χ4n) is 2.50. The molecule has 0 aliphatic carbocycles. The van der Waals surface area contributed by atoms with Crippen LogP contribution in [0.2, 0.25) is 0 Å². The van der Waals surface area contributed by atoms with Gasteiger partial charge in [0.25, 0.3) is 0 Å². The monoisotopic (exact) mass is 337 g/mol. The van der Waals surface area contributed by atoms with Gasteiger partial charge < -0.3 is 10.7 Å². The molecule has 2 aromatic carbocycles. The van der Waals surface area contributed by atoms with Gasteiger partial charge in [-0.05, 0) is 36.8 Å². The molecule has 0 fully saturated rings. The lowest BCUT2D eigenvalue weighted by Crippen LogP contribution is -2.27. The van der Waals surface area contributed by atoms with Crippen LogP contribution in [0.1, 0.15) is 18.1 Å². The van der Waals surface area contributed by atoms with Crippen molar-refractivity contribution in [2.24, 2.45) is 5.92 Å². The van der Waals surface area contributed by atoms with Crippen molar-refractivity contribution in [3.05, 3.63) is 71.8 Å². The van der Waals surface area contributed by atoms with Crippen LogP contribution in [0.5, 0.6) is 0 Å². The molecule has 0 saturated heterocycles. The van der Waals surface area contributed by atoms with E-state index in [1.807, 2.05) is 60.7 Å². The lowest BCUT2D eigenvalue weighted by Gasteiger charge is -2.25. The lowest BCUT2D eigenvalue weighted by atomic mass is 9.89. The highest BCUT2D eigenvalue weighted by Gasteiger charge is 2.21. The Labute approximate surface area is 137 Å². The molecule has 2 rings (SSSR count). The van der Waals surface area contributed by atoms with Crippen LogP contribution in [-0.2, 0) is 27.4 Å². The SMILES string of the molecule is CC(OS(=O)(=O)[O-])C(Cc1ccccc1)Cc1ccccc1.[NH4+]. The smallest absolute Gasteiger partial charge is 0.217 e. The first kappa shape index (κ1) is 19.3. The predicted octanol–water partition coefficient (Wildman–Crippen LogP) is 3.33. The van der Waals surface area contributed by atoms with Crippen LogP contribution < -0.4 is 6.15 Å². The molecule has 0 aliphatic heterocycles. The maximum atomic E-state index is 10.9. The number of rotatable bonds is 7. The summed E-state index contributed by atoms with van der Waals surface area (Å²) < 4.78 is 37.3. The standard InChI is InChI=1S/C17H20O4S.H3N/c1-14(21-22(18,19)20)17(12-15-8-4-2-5-9-15)13-16-10-6-3-7-11-16;/h2-11,14,17H,12-13H2,1H3,(H,18,19,20);1H3. The van der Waals surface area contributed by atoms with Gasteiger partial charge in [-0.25, -0.2) is 8.42 Å². The van der Waals surface area contributed by atoms with Crippen molar-refractivity contribution in [2.45, 2.75) is 25.9 Å². The van der Waals surface area contributed by atoms with Crippen LogP contribution >= 0.6 is 0 Å². The summed E-state index contributed by atoms with van der Waals surface area (Å²) in [5, 5.41) is 0. The first-order valence-corrected chi connectivity index (χ1v) is 8.49. The van der Waals surface area contributed by atoms with Crippen LogP contribution in [0.25, 0.3) is 0 Å². The molecule has 0 spiro atoms. The number of quaternary nitrogens is 1. The van der Waals surface area contributed by atoms with Gasteiger partial charge in [-0.15, -0.1) is 0 Å². The van der Waals surface area contributed by atoms with Crippen molar-refractivity contribution < 1.29 is 17.2 Å². The zero-order valence-electron chi connectivity index (χ0n) is 13.4. The Kier molecular flexibility index (Phi) is 7.38. The largest absolute Gasteiger partial charge is 0.726 e. The van der Waals surface area contributed by atoms with Crippen LogP contribution in [0.15, 0.2) is 60.7 Å². The highest BCUT2D eigenvalue weighted by Crippen LogP contribution is 2.21. The van der Waals surface area contributed by atoms with E-state index in [1.54, 1.807) is 6.92 Å². The van der Waals surface area contributed by atoms with E-state index in [0.717, 1.165) is 11.1 Å². The molecule has 0 radical (unpaired) electrons. The van der Waals surface area contributed by atoms with Gasteiger partial charge in [-0.2, -0.15) is 0 Å². The van der Waals surface area contributed by atoms with E-state index in [-0.39, 0.29) is 12.1 Å². The molecule has 126 valence electrons. The molecule has 5 nitrogen and oxygen atoms in total. The molecule has 23 heavy (non-hydrogen) atoms. The zero-order chi connectivity index (χ0) is 16.0. The van der Waals surface area contributed by atoms with E-state index in [2.05, 4.69) is 4.18 Å². The molecule has 0 saturated carbocycles. The van der Waals surface area contributed by atoms with Crippen molar-refractivity contribution in [1.29, 1.82) is 0 Å². The first-order valence-electron chi connectivity index (χ1n) is 7.16. The summed E-state index contributed by atoms with van der Waals surface area (Å²) in [5.41, 5.74) is 2.17. The molecule has 0 aliphatic rings. The Morgan fingerprint density at radius 2 is 1.30 bits per heavy atom. The third-order valence-corrected chi connectivity index (χ3v) is 4.15. The van der Waals surface area contributed by atoms with E-state index in [4.69, 9.17) is 0 Å². The van der Waals surface area contributed by atoms with Gasteiger partial charge >= 0.3 is 0 Å². The molecule has 2 aromatic rings. The van der Waals surface area contributed by atoms with Crippen molar-refractivity contribution in [3.8, 4) is 0 Å². The molecular weight excluding hydrogens is 314 g/mol. The van der Waals surface area contributed by atoms with Crippen molar-refractivity contribution in [1.82, 2.24) is 6.15 Å². The van der Waals surface area contributed by atoms with Gasteiger partial charge in [0.15, 0.2) is 0 Å². The minimum Gasteiger partial charge on any atom is -0.726 e. The number of hydrogen-bond donors (Lipinski definition) is 1. The van der Waals surface area contributed by atoms with Gasteiger partial charge in [0, 0.05) is 0 Å². The molecule has 1 atom stereocenters. The first-order chi connectivity index (χ1) is 10.4. The predicted molar refractivity (Wildman–Crippen MR) is 90.0 cm³/mol. The fraction of sp³-hybridized carbons (Fsp3) is 0.294. The Bertz CT molecular complexity index is 633. The topological polar surface area (TPSA) is 103 Å². The lowest BCUT2D eigenvalue weighted by molar-refractivity contribution is 0.135. The van der Waals surface area contributed by atoms with E-state index in [0.29, 0.717) is 12.8 Å². The van der Waals surface area contributed by atoms with Gasteiger partial charge in [0.05, 0.1) is 6.10 Å². The highest BCUT2D eigenvalue weighted by molar-refractivity contribution is 7.80. The molecule has 1 unspecified atom stereocenters. The second kappa shape index (κ2) is 8.79. The second-order valence-corrected chi connectivity index (χ2v) is 6.36. The molecule has 6 heteroatoms. The summed E-state index contributed by atoms with van der Waals surface area (Å²) in [6, 6.07) is 19.5. The normalized spacial score (nSPS) is 12.7. The maximum absolute atomic E-state index is 10.9. The van der Waals surface area contributed by atoms with Crippen molar-refractivity contribution in [3.63, 3.8) is 0 Å². The molecular formula is C17H23NO4S. The summed E-state index contributed by atoms with van der Waals surface area (Å²) in [7, 11) is -4.70.